The molecule has 1 aliphatic rings. The van der Waals surface area contributed by atoms with E-state index in [1.54, 1.807) is 6.07 Å². The molecule has 1 amide bonds. The van der Waals surface area contributed by atoms with Crippen LogP contribution in [0.3, 0.4) is 0 Å². The first-order valence-corrected chi connectivity index (χ1v) is 9.51. The maximum atomic E-state index is 11.6. The summed E-state index contributed by atoms with van der Waals surface area (Å²) in [7, 11) is 0. The van der Waals surface area contributed by atoms with Crippen LogP contribution in [0, 0.1) is 0 Å². The Morgan fingerprint density at radius 1 is 1.30 bits per heavy atom. The van der Waals surface area contributed by atoms with E-state index in [4.69, 9.17) is 9.84 Å². The average molecular weight is 448 g/mol. The number of rotatable bonds is 6. The van der Waals surface area contributed by atoms with Gasteiger partial charge in [-0.2, -0.15) is 5.10 Å². The fraction of sp³-hybridized carbons (Fsp3) is 0.111. The Morgan fingerprint density at radius 3 is 2.78 bits per heavy atom. The van der Waals surface area contributed by atoms with Gasteiger partial charge in [0.25, 0.3) is 0 Å². The minimum Gasteiger partial charge on any atom is -0.481 e. The molecule has 0 bridgehead atoms. The van der Waals surface area contributed by atoms with Crippen LogP contribution in [0.2, 0.25) is 0 Å². The topological polar surface area (TPSA) is 100 Å². The minimum absolute atomic E-state index is 0.255. The molecule has 3 rings (SSSR count). The van der Waals surface area contributed by atoms with E-state index in [-0.39, 0.29) is 17.5 Å². The molecule has 2 N–H and O–H groups in total. The molecule has 27 heavy (non-hydrogen) atoms. The molecule has 0 radical (unpaired) electrons. The first kappa shape index (κ1) is 19.1. The highest BCUT2D eigenvalue weighted by atomic mass is 79.9. The molecule has 0 spiro atoms. The van der Waals surface area contributed by atoms with Crippen molar-refractivity contribution < 1.29 is 19.4 Å². The number of carboxylic acids is 1. The molecule has 1 unspecified atom stereocenters. The van der Waals surface area contributed by atoms with Gasteiger partial charge in [0.05, 0.1) is 17.1 Å². The quantitative estimate of drug-likeness (QED) is 0.519. The van der Waals surface area contributed by atoms with Crippen LogP contribution in [-0.2, 0) is 9.59 Å². The molecular formula is C18H14BrN3O4S. The van der Waals surface area contributed by atoms with E-state index >= 15 is 0 Å². The first-order chi connectivity index (χ1) is 13.0. The summed E-state index contributed by atoms with van der Waals surface area (Å²) in [6, 6.07) is 14.9. The summed E-state index contributed by atoms with van der Waals surface area (Å²) in [6.07, 6.45) is 1.27. The summed E-state index contributed by atoms with van der Waals surface area (Å²) in [6.45, 7) is 0. The van der Waals surface area contributed by atoms with E-state index in [1.165, 1.54) is 6.21 Å². The first-order valence-electron chi connectivity index (χ1n) is 7.84. The number of carbonyl (C=O) groups excluding carboxylic acids is 1. The predicted molar refractivity (Wildman–Crippen MR) is 107 cm³/mol. The maximum absolute atomic E-state index is 11.6. The van der Waals surface area contributed by atoms with Gasteiger partial charge in [0.2, 0.25) is 5.91 Å². The third kappa shape index (κ3) is 5.41. The smallest absolute Gasteiger partial charge is 0.305 e. The number of aliphatic carboxylic acids is 1. The SMILES string of the molecule is O=C(O)CC1SC(=NN=Cc2ccc(Oc3ccccc3)c(Br)c2)NC1=O. The molecule has 1 atom stereocenters. The van der Waals surface area contributed by atoms with Gasteiger partial charge in [-0.25, -0.2) is 0 Å². The number of benzene rings is 2. The summed E-state index contributed by atoms with van der Waals surface area (Å²) in [4.78, 5) is 22.3. The van der Waals surface area contributed by atoms with Crippen molar-refractivity contribution in [1.29, 1.82) is 0 Å². The molecule has 2 aromatic rings. The number of thioether (sulfide) groups is 1. The number of amidine groups is 1. The van der Waals surface area contributed by atoms with Gasteiger partial charge in [-0.1, -0.05) is 30.0 Å². The highest BCUT2D eigenvalue weighted by Crippen LogP contribution is 2.30. The molecule has 0 aliphatic carbocycles. The molecule has 0 saturated carbocycles. The summed E-state index contributed by atoms with van der Waals surface area (Å²) >= 11 is 4.52. The molecule has 1 saturated heterocycles. The van der Waals surface area contributed by atoms with Crippen LogP contribution in [0.25, 0.3) is 0 Å². The fourth-order valence-electron chi connectivity index (χ4n) is 2.19. The Morgan fingerprint density at radius 2 is 2.07 bits per heavy atom. The van der Waals surface area contributed by atoms with E-state index in [9.17, 15) is 9.59 Å². The Labute approximate surface area is 167 Å². The van der Waals surface area contributed by atoms with Crippen molar-refractivity contribution in [2.45, 2.75) is 11.7 Å². The lowest BCUT2D eigenvalue weighted by atomic mass is 10.2. The Balaban J connectivity index is 1.63. The van der Waals surface area contributed by atoms with Gasteiger partial charge in [-0.15, -0.1) is 5.10 Å². The van der Waals surface area contributed by atoms with Crippen molar-refractivity contribution in [2.24, 2.45) is 10.2 Å². The molecule has 1 fully saturated rings. The van der Waals surface area contributed by atoms with E-state index in [0.29, 0.717) is 5.75 Å². The van der Waals surface area contributed by atoms with E-state index < -0.39 is 11.2 Å². The van der Waals surface area contributed by atoms with Crippen LogP contribution in [-0.4, -0.2) is 33.6 Å². The fourth-order valence-corrected chi connectivity index (χ4v) is 3.58. The number of hydrogen-bond donors (Lipinski definition) is 2. The second-order valence-electron chi connectivity index (χ2n) is 5.45. The lowest BCUT2D eigenvalue weighted by molar-refractivity contribution is -0.138. The highest BCUT2D eigenvalue weighted by Gasteiger charge is 2.32. The van der Waals surface area contributed by atoms with Crippen LogP contribution in [0.4, 0.5) is 0 Å². The molecule has 1 aliphatic heterocycles. The van der Waals surface area contributed by atoms with E-state index in [0.717, 1.165) is 27.5 Å². The lowest BCUT2D eigenvalue weighted by Crippen LogP contribution is -2.26. The van der Waals surface area contributed by atoms with E-state index in [1.807, 2.05) is 42.5 Å². The van der Waals surface area contributed by atoms with Gasteiger partial charge in [0, 0.05) is 0 Å². The number of halogens is 1. The second-order valence-corrected chi connectivity index (χ2v) is 7.49. The van der Waals surface area contributed by atoms with Crippen molar-refractivity contribution in [1.82, 2.24) is 5.32 Å². The van der Waals surface area contributed by atoms with Crippen molar-refractivity contribution in [2.75, 3.05) is 0 Å². The lowest BCUT2D eigenvalue weighted by Gasteiger charge is -2.07. The number of para-hydroxylation sites is 1. The minimum atomic E-state index is -1.03. The van der Waals surface area contributed by atoms with Crippen molar-refractivity contribution in [3.8, 4) is 11.5 Å². The summed E-state index contributed by atoms with van der Waals surface area (Å²) in [5.74, 6) is -0.00714. The number of nitrogens with one attached hydrogen (secondary N) is 1. The molecule has 2 aromatic carbocycles. The number of hydrogen-bond acceptors (Lipinski definition) is 6. The number of ether oxygens (including phenoxy) is 1. The predicted octanol–water partition coefficient (Wildman–Crippen LogP) is 3.64. The van der Waals surface area contributed by atoms with Gasteiger partial charge < -0.3 is 15.2 Å². The molecule has 9 heteroatoms. The van der Waals surface area contributed by atoms with Crippen LogP contribution < -0.4 is 10.1 Å². The van der Waals surface area contributed by atoms with Crippen LogP contribution in [0.1, 0.15) is 12.0 Å². The molecule has 1 heterocycles. The molecule has 138 valence electrons. The zero-order chi connectivity index (χ0) is 19.2. The number of carboxylic acid groups (broad SMARTS) is 1. The molecule has 7 nitrogen and oxygen atoms in total. The second kappa shape index (κ2) is 8.83. The molecule has 0 aromatic heterocycles. The van der Waals surface area contributed by atoms with Gasteiger partial charge in [0.15, 0.2) is 5.17 Å². The number of carbonyl (C=O) groups is 2. The third-order valence-electron chi connectivity index (χ3n) is 3.42. The Hall–Kier alpha value is -2.65. The van der Waals surface area contributed by atoms with Crippen LogP contribution >= 0.6 is 27.7 Å². The van der Waals surface area contributed by atoms with Gasteiger partial charge in [0.1, 0.15) is 16.7 Å². The Bertz CT molecular complexity index is 918. The summed E-state index contributed by atoms with van der Waals surface area (Å²) < 4.78 is 6.54. The normalized spacial score (nSPS) is 18.0. The zero-order valence-electron chi connectivity index (χ0n) is 13.8. The largest absolute Gasteiger partial charge is 0.481 e. The van der Waals surface area contributed by atoms with Gasteiger partial charge >= 0.3 is 5.97 Å². The summed E-state index contributed by atoms with van der Waals surface area (Å²) in [5, 5.41) is 18.7. The van der Waals surface area contributed by atoms with Crippen molar-refractivity contribution >= 4 is 51.0 Å². The summed E-state index contributed by atoms with van der Waals surface area (Å²) in [5.41, 5.74) is 0.781. The zero-order valence-corrected chi connectivity index (χ0v) is 16.2. The van der Waals surface area contributed by atoms with Crippen LogP contribution in [0.15, 0.2) is 63.2 Å². The Kier molecular flexibility index (Phi) is 6.25. The highest BCUT2D eigenvalue weighted by molar-refractivity contribution is 9.10. The maximum Gasteiger partial charge on any atom is 0.305 e. The van der Waals surface area contributed by atoms with Gasteiger partial charge in [-0.05, 0) is 51.8 Å². The third-order valence-corrected chi connectivity index (χ3v) is 5.11. The molecular weight excluding hydrogens is 434 g/mol. The number of nitrogens with zero attached hydrogens (tertiary/aromatic N) is 2. The number of amides is 1. The standard InChI is InChI=1S/C18H14BrN3O4S/c19-13-8-11(6-7-14(13)26-12-4-2-1-3-5-12)10-20-22-18-21-17(25)15(27-18)9-16(23)24/h1-8,10,15H,9H2,(H,23,24)(H,21,22,25). The average Bonchev–Trinajstić information content (AvgIpc) is 2.97. The monoisotopic (exact) mass is 447 g/mol. The van der Waals surface area contributed by atoms with Gasteiger partial charge in [-0.3, -0.25) is 9.59 Å². The van der Waals surface area contributed by atoms with Crippen LogP contribution in [0.5, 0.6) is 11.5 Å². The van der Waals surface area contributed by atoms with E-state index in [2.05, 4.69) is 31.4 Å². The van der Waals surface area contributed by atoms with Crippen molar-refractivity contribution in [3.05, 3.63) is 58.6 Å². The van der Waals surface area contributed by atoms with Crippen molar-refractivity contribution in [3.63, 3.8) is 0 Å².